The first-order chi connectivity index (χ1) is 9.77. The summed E-state index contributed by atoms with van der Waals surface area (Å²) in [5.74, 6) is -2.47. The van der Waals surface area contributed by atoms with Crippen LogP contribution in [0.15, 0.2) is 18.2 Å². The minimum Gasteiger partial charge on any atom is -0.480 e. The summed E-state index contributed by atoms with van der Waals surface area (Å²) in [6, 6.07) is 1.85. The number of halogens is 1. The average Bonchev–Trinajstić information content (AvgIpc) is 2.32. The highest BCUT2D eigenvalue weighted by Crippen LogP contribution is 2.13. The van der Waals surface area contributed by atoms with E-state index in [2.05, 4.69) is 10.6 Å². The third-order valence-corrected chi connectivity index (χ3v) is 2.58. The molecule has 8 heteroatoms. The number of nitrogens with one attached hydrogen (secondary N) is 2. The van der Waals surface area contributed by atoms with Gasteiger partial charge in [0.2, 0.25) is 5.91 Å². The van der Waals surface area contributed by atoms with Crippen LogP contribution in [0.1, 0.15) is 18.4 Å². The molecule has 0 unspecified atom stereocenters. The van der Waals surface area contributed by atoms with Gasteiger partial charge in [0.15, 0.2) is 0 Å². The van der Waals surface area contributed by atoms with Crippen LogP contribution in [-0.2, 0) is 9.59 Å². The Morgan fingerprint density at radius 3 is 2.52 bits per heavy atom. The number of hydrogen-bond donors (Lipinski definition) is 4. The number of carboxylic acid groups (broad SMARTS) is 1. The van der Waals surface area contributed by atoms with Crippen molar-refractivity contribution in [3.05, 3.63) is 29.6 Å². The zero-order chi connectivity index (χ0) is 16.0. The summed E-state index contributed by atoms with van der Waals surface area (Å²) in [4.78, 5) is 33.3. The molecule has 21 heavy (non-hydrogen) atoms. The minimum absolute atomic E-state index is 0.125. The van der Waals surface area contributed by atoms with Crippen LogP contribution in [0.3, 0.4) is 0 Å². The predicted molar refractivity (Wildman–Crippen MR) is 73.1 cm³/mol. The fourth-order valence-electron chi connectivity index (χ4n) is 1.68. The third kappa shape index (κ3) is 5.89. The number of carboxylic acids is 1. The number of carbonyl (C=O) groups is 3. The van der Waals surface area contributed by atoms with Crippen LogP contribution in [0.5, 0.6) is 0 Å². The number of primary amides is 1. The van der Waals surface area contributed by atoms with Crippen molar-refractivity contribution >= 4 is 23.6 Å². The molecule has 7 nitrogen and oxygen atoms in total. The van der Waals surface area contributed by atoms with Crippen molar-refractivity contribution in [3.63, 3.8) is 0 Å². The monoisotopic (exact) mass is 297 g/mol. The molecule has 0 aliphatic rings. The molecule has 0 fully saturated rings. The van der Waals surface area contributed by atoms with E-state index in [1.54, 1.807) is 6.92 Å². The second-order valence-corrected chi connectivity index (χ2v) is 4.51. The standard InChI is InChI=1S/C13H16FN3O4/c1-7-4-8(14)6-9(5-7)16-13(21)17-10(12(19)20)2-3-11(15)18/h4-6,10H,2-3H2,1H3,(H2,15,18)(H,19,20)(H2,16,17,21)/t10-/m0/s1. The fourth-order valence-corrected chi connectivity index (χ4v) is 1.68. The zero-order valence-corrected chi connectivity index (χ0v) is 11.4. The van der Waals surface area contributed by atoms with Gasteiger partial charge in [0.05, 0.1) is 0 Å². The number of rotatable bonds is 6. The summed E-state index contributed by atoms with van der Waals surface area (Å²) >= 11 is 0. The van der Waals surface area contributed by atoms with Gasteiger partial charge < -0.3 is 21.5 Å². The van der Waals surface area contributed by atoms with Crippen LogP contribution in [0.4, 0.5) is 14.9 Å². The van der Waals surface area contributed by atoms with Crippen LogP contribution in [0.2, 0.25) is 0 Å². The van der Waals surface area contributed by atoms with Crippen LogP contribution in [0, 0.1) is 12.7 Å². The summed E-state index contributed by atoms with van der Waals surface area (Å²) in [5.41, 5.74) is 5.73. The molecule has 1 rings (SSSR count). The van der Waals surface area contributed by atoms with Gasteiger partial charge in [-0.1, -0.05) is 0 Å². The van der Waals surface area contributed by atoms with E-state index in [9.17, 15) is 18.8 Å². The van der Waals surface area contributed by atoms with E-state index in [1.807, 2.05) is 0 Å². The van der Waals surface area contributed by atoms with Crippen molar-refractivity contribution in [1.82, 2.24) is 5.32 Å². The maximum atomic E-state index is 13.2. The highest BCUT2D eigenvalue weighted by molar-refractivity contribution is 5.92. The van der Waals surface area contributed by atoms with Gasteiger partial charge in [0, 0.05) is 12.1 Å². The molecule has 5 N–H and O–H groups in total. The Balaban J connectivity index is 2.65. The van der Waals surface area contributed by atoms with E-state index in [-0.39, 0.29) is 18.5 Å². The maximum absolute atomic E-state index is 13.2. The number of aryl methyl sites for hydroxylation is 1. The van der Waals surface area contributed by atoms with E-state index in [4.69, 9.17) is 10.8 Å². The van der Waals surface area contributed by atoms with E-state index < -0.39 is 29.8 Å². The zero-order valence-electron chi connectivity index (χ0n) is 11.4. The SMILES string of the molecule is Cc1cc(F)cc(NC(=O)N[C@@H](CCC(N)=O)C(=O)O)c1. The number of carbonyl (C=O) groups excluding carboxylic acids is 2. The summed E-state index contributed by atoms with van der Waals surface area (Å²) in [6.07, 6.45) is -0.295. The van der Waals surface area contributed by atoms with E-state index in [1.165, 1.54) is 12.1 Å². The molecule has 3 amide bonds. The molecule has 1 aromatic carbocycles. The molecule has 0 bridgehead atoms. The number of anilines is 1. The lowest BCUT2D eigenvalue weighted by Gasteiger charge is -2.14. The molecule has 0 aliphatic heterocycles. The summed E-state index contributed by atoms with van der Waals surface area (Å²) in [5, 5.41) is 13.4. The Bertz CT molecular complexity index is 542. The number of nitrogens with two attached hydrogens (primary N) is 1. The normalized spacial score (nSPS) is 11.5. The predicted octanol–water partition coefficient (Wildman–Crippen LogP) is 0.974. The molecule has 0 radical (unpaired) electrons. The van der Waals surface area contributed by atoms with Gasteiger partial charge in [0.1, 0.15) is 11.9 Å². The molecular formula is C13H16FN3O4. The number of hydrogen-bond acceptors (Lipinski definition) is 3. The van der Waals surface area contributed by atoms with Crippen molar-refractivity contribution in [2.24, 2.45) is 5.73 Å². The summed E-state index contributed by atoms with van der Waals surface area (Å²) < 4.78 is 13.2. The second-order valence-electron chi connectivity index (χ2n) is 4.51. The Morgan fingerprint density at radius 1 is 1.33 bits per heavy atom. The van der Waals surface area contributed by atoms with Crippen LogP contribution in [-0.4, -0.2) is 29.1 Å². The number of urea groups is 1. The first-order valence-electron chi connectivity index (χ1n) is 6.13. The summed E-state index contributed by atoms with van der Waals surface area (Å²) in [7, 11) is 0. The van der Waals surface area contributed by atoms with Crippen LogP contribution < -0.4 is 16.4 Å². The van der Waals surface area contributed by atoms with Crippen molar-refractivity contribution in [1.29, 1.82) is 0 Å². The lowest BCUT2D eigenvalue weighted by atomic mass is 10.1. The Labute approximate surface area is 120 Å². The van der Waals surface area contributed by atoms with E-state index in [0.717, 1.165) is 6.07 Å². The van der Waals surface area contributed by atoms with Crippen LogP contribution in [0.25, 0.3) is 0 Å². The van der Waals surface area contributed by atoms with Gasteiger partial charge in [-0.25, -0.2) is 14.0 Å². The van der Waals surface area contributed by atoms with Crippen molar-refractivity contribution in [2.45, 2.75) is 25.8 Å². The minimum atomic E-state index is -1.29. The van der Waals surface area contributed by atoms with Gasteiger partial charge in [-0.15, -0.1) is 0 Å². The molecule has 0 saturated carbocycles. The fraction of sp³-hybridized carbons (Fsp3) is 0.308. The highest BCUT2D eigenvalue weighted by atomic mass is 19.1. The number of aliphatic carboxylic acids is 1. The lowest BCUT2D eigenvalue weighted by molar-refractivity contribution is -0.139. The van der Waals surface area contributed by atoms with Gasteiger partial charge in [-0.2, -0.15) is 0 Å². The van der Waals surface area contributed by atoms with Gasteiger partial charge >= 0.3 is 12.0 Å². The molecule has 0 aliphatic carbocycles. The number of benzene rings is 1. The quantitative estimate of drug-likeness (QED) is 0.625. The molecule has 0 spiro atoms. The van der Waals surface area contributed by atoms with Crippen LogP contribution >= 0.6 is 0 Å². The third-order valence-electron chi connectivity index (χ3n) is 2.58. The van der Waals surface area contributed by atoms with Crippen molar-refractivity contribution in [2.75, 3.05) is 5.32 Å². The van der Waals surface area contributed by atoms with Gasteiger partial charge in [-0.3, -0.25) is 4.79 Å². The first kappa shape index (κ1) is 16.4. The van der Waals surface area contributed by atoms with Crippen molar-refractivity contribution < 1.29 is 23.9 Å². The lowest BCUT2D eigenvalue weighted by Crippen LogP contribution is -2.43. The molecule has 0 aromatic heterocycles. The number of amides is 3. The molecule has 0 heterocycles. The van der Waals surface area contributed by atoms with E-state index >= 15 is 0 Å². The average molecular weight is 297 g/mol. The highest BCUT2D eigenvalue weighted by Gasteiger charge is 2.20. The summed E-state index contributed by atoms with van der Waals surface area (Å²) in [6.45, 7) is 1.65. The topological polar surface area (TPSA) is 122 Å². The molecule has 1 atom stereocenters. The first-order valence-corrected chi connectivity index (χ1v) is 6.13. The smallest absolute Gasteiger partial charge is 0.326 e. The van der Waals surface area contributed by atoms with Gasteiger partial charge in [-0.05, 0) is 37.1 Å². The Kier molecular flexibility index (Phi) is 5.65. The van der Waals surface area contributed by atoms with Crippen molar-refractivity contribution in [3.8, 4) is 0 Å². The molecule has 0 saturated heterocycles. The largest absolute Gasteiger partial charge is 0.480 e. The maximum Gasteiger partial charge on any atom is 0.326 e. The van der Waals surface area contributed by atoms with E-state index in [0.29, 0.717) is 5.56 Å². The Hall–Kier alpha value is -2.64. The second kappa shape index (κ2) is 7.22. The Morgan fingerprint density at radius 2 is 2.00 bits per heavy atom. The molecule has 114 valence electrons. The molecular weight excluding hydrogens is 281 g/mol. The van der Waals surface area contributed by atoms with Gasteiger partial charge in [0.25, 0.3) is 0 Å². The molecule has 1 aromatic rings.